The van der Waals surface area contributed by atoms with E-state index in [0.29, 0.717) is 10.6 Å². The van der Waals surface area contributed by atoms with Crippen LogP contribution >= 0.6 is 23.2 Å². The number of halogens is 3. The average Bonchev–Trinajstić information content (AvgIpc) is 2.32. The van der Waals surface area contributed by atoms with Crippen LogP contribution in [0.15, 0.2) is 42.5 Å². The van der Waals surface area contributed by atoms with E-state index >= 15 is 0 Å². The van der Waals surface area contributed by atoms with Crippen LogP contribution in [0.3, 0.4) is 0 Å². The second kappa shape index (κ2) is 4.86. The molecule has 0 radical (unpaired) electrons. The van der Waals surface area contributed by atoms with Crippen molar-refractivity contribution in [3.63, 3.8) is 0 Å². The maximum absolute atomic E-state index is 13.7. The zero-order valence-corrected chi connectivity index (χ0v) is 10.1. The summed E-state index contributed by atoms with van der Waals surface area (Å²) in [7, 11) is 0. The first kappa shape index (κ1) is 12.1. The van der Waals surface area contributed by atoms with Gasteiger partial charge in [-0.15, -0.1) is 0 Å². The third-order valence-electron chi connectivity index (χ3n) is 2.28. The van der Waals surface area contributed by atoms with Gasteiger partial charge in [-0.25, -0.2) is 4.39 Å². The van der Waals surface area contributed by atoms with Crippen molar-refractivity contribution in [3.05, 3.63) is 69.5 Å². The Kier molecular flexibility index (Phi) is 3.46. The highest BCUT2D eigenvalue weighted by Crippen LogP contribution is 2.21. The van der Waals surface area contributed by atoms with E-state index in [4.69, 9.17) is 23.2 Å². The molecule has 2 aromatic rings. The Labute approximate surface area is 108 Å². The van der Waals surface area contributed by atoms with Gasteiger partial charge >= 0.3 is 0 Å². The van der Waals surface area contributed by atoms with E-state index in [-0.39, 0.29) is 10.6 Å². The predicted octanol–water partition coefficient (Wildman–Crippen LogP) is 4.36. The van der Waals surface area contributed by atoms with Crippen molar-refractivity contribution in [3.8, 4) is 0 Å². The fourth-order valence-electron chi connectivity index (χ4n) is 1.46. The molecule has 86 valence electrons. The molecule has 0 aliphatic carbocycles. The molecule has 0 amide bonds. The summed E-state index contributed by atoms with van der Waals surface area (Å²) in [6, 6.07) is 10.7. The molecule has 0 N–H and O–H groups in total. The Morgan fingerprint density at radius 1 is 1.06 bits per heavy atom. The number of carbonyl (C=O) groups is 1. The maximum atomic E-state index is 13.7. The van der Waals surface area contributed by atoms with Crippen molar-refractivity contribution in [1.29, 1.82) is 0 Å². The summed E-state index contributed by atoms with van der Waals surface area (Å²) in [4.78, 5) is 12.0. The normalized spacial score (nSPS) is 10.3. The fraction of sp³-hybridized carbons (Fsp3) is 0. The van der Waals surface area contributed by atoms with Gasteiger partial charge in [-0.1, -0.05) is 41.4 Å². The quantitative estimate of drug-likeness (QED) is 0.740. The van der Waals surface area contributed by atoms with E-state index in [1.807, 2.05) is 0 Å². The minimum Gasteiger partial charge on any atom is -0.288 e. The van der Waals surface area contributed by atoms with E-state index in [9.17, 15) is 9.18 Å². The van der Waals surface area contributed by atoms with Crippen molar-refractivity contribution >= 4 is 29.0 Å². The topological polar surface area (TPSA) is 17.1 Å². The Bertz CT molecular complexity index is 581. The Balaban J connectivity index is 2.48. The Morgan fingerprint density at radius 3 is 2.47 bits per heavy atom. The van der Waals surface area contributed by atoms with Crippen LogP contribution in [-0.4, -0.2) is 5.78 Å². The highest BCUT2D eigenvalue weighted by molar-refractivity contribution is 6.32. The molecule has 0 heterocycles. The van der Waals surface area contributed by atoms with Gasteiger partial charge in [0.25, 0.3) is 0 Å². The summed E-state index contributed by atoms with van der Waals surface area (Å²) in [5, 5.41) is 0.358. The number of hydrogen-bond donors (Lipinski definition) is 0. The molecule has 0 bridgehead atoms. The molecule has 0 atom stereocenters. The average molecular weight is 269 g/mol. The standard InChI is InChI=1S/C13H7Cl2FO/c14-9-4-1-3-8(7-9)13(17)10-5-2-6-11(15)12(10)16/h1-7H. The lowest BCUT2D eigenvalue weighted by molar-refractivity contribution is 0.103. The van der Waals surface area contributed by atoms with Crippen LogP contribution in [0, 0.1) is 5.82 Å². The molecule has 0 saturated carbocycles. The second-order valence-electron chi connectivity index (χ2n) is 3.44. The van der Waals surface area contributed by atoms with Crippen molar-refractivity contribution in [2.24, 2.45) is 0 Å². The molecule has 17 heavy (non-hydrogen) atoms. The highest BCUT2D eigenvalue weighted by Gasteiger charge is 2.15. The summed E-state index contributed by atoms with van der Waals surface area (Å²) >= 11 is 11.4. The molecule has 0 fully saturated rings. The van der Waals surface area contributed by atoms with Gasteiger partial charge < -0.3 is 0 Å². The van der Waals surface area contributed by atoms with E-state index in [0.717, 1.165) is 0 Å². The third-order valence-corrected chi connectivity index (χ3v) is 2.81. The molecule has 0 aliphatic heterocycles. The van der Waals surface area contributed by atoms with Crippen LogP contribution in [0.1, 0.15) is 15.9 Å². The van der Waals surface area contributed by atoms with E-state index in [1.54, 1.807) is 18.2 Å². The molecular weight excluding hydrogens is 262 g/mol. The second-order valence-corrected chi connectivity index (χ2v) is 4.28. The molecule has 0 unspecified atom stereocenters. The van der Waals surface area contributed by atoms with Gasteiger partial charge in [-0.3, -0.25) is 4.79 Å². The maximum Gasteiger partial charge on any atom is 0.196 e. The molecule has 2 rings (SSSR count). The lowest BCUT2D eigenvalue weighted by atomic mass is 10.0. The van der Waals surface area contributed by atoms with Crippen molar-refractivity contribution in [2.75, 3.05) is 0 Å². The summed E-state index contributed by atoms with van der Waals surface area (Å²) < 4.78 is 13.7. The number of ketones is 1. The van der Waals surface area contributed by atoms with Crippen molar-refractivity contribution < 1.29 is 9.18 Å². The molecule has 1 nitrogen and oxygen atoms in total. The molecule has 0 spiro atoms. The number of hydrogen-bond acceptors (Lipinski definition) is 1. The lowest BCUT2D eigenvalue weighted by Crippen LogP contribution is -2.04. The van der Waals surface area contributed by atoms with Gasteiger partial charge in [-0.2, -0.15) is 0 Å². The van der Waals surface area contributed by atoms with E-state index < -0.39 is 11.6 Å². The largest absolute Gasteiger partial charge is 0.288 e. The van der Waals surface area contributed by atoms with Crippen LogP contribution < -0.4 is 0 Å². The Morgan fingerprint density at radius 2 is 1.76 bits per heavy atom. The van der Waals surface area contributed by atoms with E-state index in [2.05, 4.69) is 0 Å². The van der Waals surface area contributed by atoms with E-state index in [1.165, 1.54) is 24.3 Å². The van der Waals surface area contributed by atoms with Crippen LogP contribution in [0.4, 0.5) is 4.39 Å². The molecule has 4 heteroatoms. The zero-order valence-electron chi connectivity index (χ0n) is 8.58. The SMILES string of the molecule is O=C(c1cccc(Cl)c1)c1cccc(Cl)c1F. The van der Waals surface area contributed by atoms with Crippen LogP contribution in [-0.2, 0) is 0 Å². The summed E-state index contributed by atoms with van der Waals surface area (Å²) in [5.74, 6) is -1.15. The summed E-state index contributed by atoms with van der Waals surface area (Å²) in [6.07, 6.45) is 0. The van der Waals surface area contributed by atoms with Crippen LogP contribution in [0.2, 0.25) is 10.0 Å². The van der Waals surface area contributed by atoms with Gasteiger partial charge in [0.2, 0.25) is 0 Å². The van der Waals surface area contributed by atoms with Crippen LogP contribution in [0.25, 0.3) is 0 Å². The lowest BCUT2D eigenvalue weighted by Gasteiger charge is -2.04. The number of benzene rings is 2. The van der Waals surface area contributed by atoms with Gasteiger partial charge in [-0.05, 0) is 24.3 Å². The number of rotatable bonds is 2. The van der Waals surface area contributed by atoms with Crippen LogP contribution in [0.5, 0.6) is 0 Å². The predicted molar refractivity (Wildman–Crippen MR) is 66.3 cm³/mol. The van der Waals surface area contributed by atoms with Gasteiger partial charge in [0.05, 0.1) is 10.6 Å². The summed E-state index contributed by atoms with van der Waals surface area (Å²) in [6.45, 7) is 0. The molecular formula is C13H7Cl2FO. The summed E-state index contributed by atoms with van der Waals surface area (Å²) in [5.41, 5.74) is 0.276. The molecule has 0 aliphatic rings. The molecule has 0 aromatic heterocycles. The van der Waals surface area contributed by atoms with Gasteiger partial charge in [0.1, 0.15) is 0 Å². The van der Waals surface area contributed by atoms with Gasteiger partial charge in [0.15, 0.2) is 11.6 Å². The third kappa shape index (κ3) is 2.48. The monoisotopic (exact) mass is 268 g/mol. The first-order valence-electron chi connectivity index (χ1n) is 4.84. The minimum atomic E-state index is -0.709. The molecule has 0 saturated heterocycles. The smallest absolute Gasteiger partial charge is 0.196 e. The van der Waals surface area contributed by atoms with Gasteiger partial charge in [0, 0.05) is 10.6 Å². The first-order chi connectivity index (χ1) is 8.09. The van der Waals surface area contributed by atoms with Crippen molar-refractivity contribution in [1.82, 2.24) is 0 Å². The fourth-order valence-corrected chi connectivity index (χ4v) is 1.83. The Hall–Kier alpha value is -1.38. The number of carbonyl (C=O) groups excluding carboxylic acids is 1. The van der Waals surface area contributed by atoms with Crippen molar-refractivity contribution in [2.45, 2.75) is 0 Å². The molecule has 2 aromatic carbocycles. The highest BCUT2D eigenvalue weighted by atomic mass is 35.5. The minimum absolute atomic E-state index is 0.0558. The zero-order chi connectivity index (χ0) is 12.4. The first-order valence-corrected chi connectivity index (χ1v) is 5.59.